The van der Waals surface area contributed by atoms with Crippen molar-refractivity contribution in [3.05, 3.63) is 54.1 Å². The van der Waals surface area contributed by atoms with Gasteiger partial charge in [-0.05, 0) is 28.8 Å². The number of nitrogens with two attached hydrogens (primary N) is 1. The molecule has 1 amide bonds. The number of amides is 1. The number of alkyl halides is 3. The number of hydrogen-bond acceptors (Lipinski definition) is 3. The van der Waals surface area contributed by atoms with Gasteiger partial charge in [0.05, 0.1) is 0 Å². The van der Waals surface area contributed by atoms with Crippen LogP contribution in [0.1, 0.15) is 12.0 Å². The summed E-state index contributed by atoms with van der Waals surface area (Å²) in [4.78, 5) is 11.4. The second-order valence-corrected chi connectivity index (χ2v) is 5.09. The third-order valence-corrected chi connectivity index (χ3v) is 3.22. The fourth-order valence-corrected chi connectivity index (χ4v) is 2.11. The van der Waals surface area contributed by atoms with Gasteiger partial charge >= 0.3 is 6.36 Å². The van der Waals surface area contributed by atoms with Gasteiger partial charge in [-0.3, -0.25) is 4.79 Å². The van der Waals surface area contributed by atoms with Gasteiger partial charge in [0.2, 0.25) is 5.91 Å². The van der Waals surface area contributed by atoms with Gasteiger partial charge in [0.25, 0.3) is 0 Å². The Hall–Kier alpha value is -2.25. The van der Waals surface area contributed by atoms with E-state index in [9.17, 15) is 18.0 Å². The predicted molar refractivity (Wildman–Crippen MR) is 91.3 cm³/mol. The van der Waals surface area contributed by atoms with Crippen molar-refractivity contribution in [1.82, 2.24) is 5.32 Å². The lowest BCUT2D eigenvalue weighted by molar-refractivity contribution is -0.274. The molecule has 0 aliphatic carbocycles. The SMILES string of the molecule is Cl.NCCC(=O)NCc1ccc(-c2cccc(OC(F)(F)F)c2)cc1. The van der Waals surface area contributed by atoms with Crippen LogP contribution in [0.25, 0.3) is 11.1 Å². The average Bonchev–Trinajstić information content (AvgIpc) is 2.52. The first-order valence-corrected chi connectivity index (χ1v) is 7.29. The van der Waals surface area contributed by atoms with Gasteiger partial charge < -0.3 is 15.8 Å². The minimum atomic E-state index is -4.72. The number of carbonyl (C=O) groups excluding carboxylic acids is 1. The molecule has 0 aliphatic heterocycles. The molecule has 3 N–H and O–H groups in total. The maximum absolute atomic E-state index is 12.3. The molecule has 0 saturated heterocycles. The number of nitrogens with one attached hydrogen (secondary N) is 1. The monoisotopic (exact) mass is 374 g/mol. The van der Waals surface area contributed by atoms with Crippen LogP contribution in [0.3, 0.4) is 0 Å². The molecular weight excluding hydrogens is 357 g/mol. The zero-order valence-electron chi connectivity index (χ0n) is 13.2. The van der Waals surface area contributed by atoms with Crippen LogP contribution in [0.4, 0.5) is 13.2 Å². The molecule has 8 heteroatoms. The lowest BCUT2D eigenvalue weighted by Crippen LogP contribution is -2.24. The molecule has 0 saturated carbocycles. The number of rotatable bonds is 6. The highest BCUT2D eigenvalue weighted by molar-refractivity contribution is 5.85. The summed E-state index contributed by atoms with van der Waals surface area (Å²) in [5.41, 5.74) is 7.53. The van der Waals surface area contributed by atoms with Gasteiger partial charge in [0.15, 0.2) is 0 Å². The van der Waals surface area contributed by atoms with Crippen molar-refractivity contribution in [2.45, 2.75) is 19.3 Å². The van der Waals surface area contributed by atoms with E-state index in [0.717, 1.165) is 11.1 Å². The van der Waals surface area contributed by atoms with Crippen molar-refractivity contribution >= 4 is 18.3 Å². The molecule has 4 nitrogen and oxygen atoms in total. The average molecular weight is 375 g/mol. The summed E-state index contributed by atoms with van der Waals surface area (Å²) in [6.45, 7) is 0.664. The summed E-state index contributed by atoms with van der Waals surface area (Å²) in [6.07, 6.45) is -4.45. The summed E-state index contributed by atoms with van der Waals surface area (Å²) in [6, 6.07) is 12.9. The number of carbonyl (C=O) groups is 1. The first-order valence-electron chi connectivity index (χ1n) is 7.29. The predicted octanol–water partition coefficient (Wildman–Crippen LogP) is 3.64. The zero-order valence-corrected chi connectivity index (χ0v) is 14.0. The van der Waals surface area contributed by atoms with E-state index >= 15 is 0 Å². The lowest BCUT2D eigenvalue weighted by atomic mass is 10.0. The van der Waals surface area contributed by atoms with E-state index in [2.05, 4.69) is 10.1 Å². The van der Waals surface area contributed by atoms with Crippen molar-refractivity contribution in [2.24, 2.45) is 5.73 Å². The standard InChI is InChI=1S/C17H17F3N2O2.ClH/c18-17(19,20)24-15-3-1-2-14(10-15)13-6-4-12(5-7-13)11-22-16(23)8-9-21;/h1-7,10H,8-9,11,21H2,(H,22,23);1H. The lowest BCUT2D eigenvalue weighted by Gasteiger charge is -2.10. The van der Waals surface area contributed by atoms with E-state index in [0.29, 0.717) is 18.7 Å². The van der Waals surface area contributed by atoms with E-state index in [1.807, 2.05) is 0 Å². The van der Waals surface area contributed by atoms with E-state index < -0.39 is 6.36 Å². The molecule has 0 heterocycles. The van der Waals surface area contributed by atoms with E-state index in [4.69, 9.17) is 5.73 Å². The molecule has 0 unspecified atom stereocenters. The Morgan fingerprint density at radius 1 is 1.08 bits per heavy atom. The third-order valence-electron chi connectivity index (χ3n) is 3.22. The van der Waals surface area contributed by atoms with Crippen LogP contribution in [0.5, 0.6) is 5.75 Å². The van der Waals surface area contributed by atoms with Gasteiger partial charge in [0.1, 0.15) is 5.75 Å². The van der Waals surface area contributed by atoms with Crippen LogP contribution in [-0.2, 0) is 11.3 Å². The minimum Gasteiger partial charge on any atom is -0.406 e. The summed E-state index contributed by atoms with van der Waals surface area (Å²) in [7, 11) is 0. The van der Waals surface area contributed by atoms with Gasteiger partial charge in [-0.1, -0.05) is 36.4 Å². The van der Waals surface area contributed by atoms with Crippen LogP contribution in [0, 0.1) is 0 Å². The Balaban J connectivity index is 0.00000312. The molecular formula is C17H18ClF3N2O2. The summed E-state index contributed by atoms with van der Waals surface area (Å²) < 4.78 is 40.7. The molecule has 2 aromatic carbocycles. The normalized spacial score (nSPS) is 10.7. The maximum atomic E-state index is 12.3. The second-order valence-electron chi connectivity index (χ2n) is 5.09. The fraction of sp³-hybridized carbons (Fsp3) is 0.235. The van der Waals surface area contributed by atoms with Crippen LogP contribution in [0.2, 0.25) is 0 Å². The number of benzene rings is 2. The topological polar surface area (TPSA) is 64.4 Å². The Kier molecular flexibility index (Phi) is 7.73. The van der Waals surface area contributed by atoms with Crippen LogP contribution >= 0.6 is 12.4 Å². The van der Waals surface area contributed by atoms with E-state index in [1.54, 1.807) is 30.3 Å². The van der Waals surface area contributed by atoms with Crippen LogP contribution in [0.15, 0.2) is 48.5 Å². The van der Waals surface area contributed by atoms with Crippen molar-refractivity contribution < 1.29 is 22.7 Å². The Bertz CT molecular complexity index is 691. The smallest absolute Gasteiger partial charge is 0.406 e. The molecule has 25 heavy (non-hydrogen) atoms. The van der Waals surface area contributed by atoms with E-state index in [1.165, 1.54) is 18.2 Å². The first-order chi connectivity index (χ1) is 11.4. The molecule has 0 aromatic heterocycles. The van der Waals surface area contributed by atoms with Crippen molar-refractivity contribution in [3.63, 3.8) is 0 Å². The molecule has 0 spiro atoms. The molecule has 0 aliphatic rings. The van der Waals surface area contributed by atoms with Crippen LogP contribution < -0.4 is 15.8 Å². The molecule has 0 bridgehead atoms. The molecule has 2 aromatic rings. The Morgan fingerprint density at radius 3 is 2.36 bits per heavy atom. The van der Waals surface area contributed by atoms with Crippen molar-refractivity contribution in [3.8, 4) is 16.9 Å². The number of ether oxygens (including phenoxy) is 1. The summed E-state index contributed by atoms with van der Waals surface area (Å²) >= 11 is 0. The first kappa shape index (κ1) is 20.8. The van der Waals surface area contributed by atoms with Gasteiger partial charge in [-0.2, -0.15) is 0 Å². The fourth-order valence-electron chi connectivity index (χ4n) is 2.11. The van der Waals surface area contributed by atoms with Crippen LogP contribution in [-0.4, -0.2) is 18.8 Å². The van der Waals surface area contributed by atoms with Crippen molar-refractivity contribution in [2.75, 3.05) is 6.54 Å². The summed E-state index contributed by atoms with van der Waals surface area (Å²) in [5.74, 6) is -0.392. The Labute approximate surface area is 149 Å². The largest absolute Gasteiger partial charge is 0.573 e. The molecule has 136 valence electrons. The Morgan fingerprint density at radius 2 is 1.76 bits per heavy atom. The third kappa shape index (κ3) is 7.03. The maximum Gasteiger partial charge on any atom is 0.573 e. The second kappa shape index (κ2) is 9.29. The highest BCUT2D eigenvalue weighted by Crippen LogP contribution is 2.28. The van der Waals surface area contributed by atoms with Gasteiger partial charge in [0, 0.05) is 19.5 Å². The molecule has 2 rings (SSSR count). The number of halogens is 4. The highest BCUT2D eigenvalue weighted by atomic mass is 35.5. The molecule has 0 atom stereocenters. The van der Waals surface area contributed by atoms with Crippen molar-refractivity contribution in [1.29, 1.82) is 0 Å². The quantitative estimate of drug-likeness (QED) is 0.811. The van der Waals surface area contributed by atoms with E-state index in [-0.39, 0.29) is 30.5 Å². The summed E-state index contributed by atoms with van der Waals surface area (Å²) in [5, 5.41) is 2.73. The molecule has 0 radical (unpaired) electrons. The number of hydrogen-bond donors (Lipinski definition) is 2. The molecule has 0 fully saturated rings. The highest BCUT2D eigenvalue weighted by Gasteiger charge is 2.31. The van der Waals surface area contributed by atoms with Gasteiger partial charge in [-0.15, -0.1) is 25.6 Å². The van der Waals surface area contributed by atoms with Gasteiger partial charge in [-0.25, -0.2) is 0 Å². The zero-order chi connectivity index (χ0) is 17.6. The minimum absolute atomic E-state index is 0.